The molecular weight excluding hydrogens is 94.1 g/mol. The Labute approximate surface area is 42.6 Å². The number of aliphatic imine (C=N–C) groups is 1. The molecule has 6 heavy (non-hydrogen) atoms. The molecule has 1 heterocycles. The topological polar surface area (TPSA) is 12.4 Å². The third kappa shape index (κ3) is 0.863. The predicted octanol–water partition coefficient (Wildman–Crippen LogP) is 1.28. The Balaban J connectivity index is 2.50. The summed E-state index contributed by atoms with van der Waals surface area (Å²) in [6.07, 6.45) is 1.93. The van der Waals surface area contributed by atoms with Crippen molar-refractivity contribution in [1.82, 2.24) is 0 Å². The largest absolute Gasteiger partial charge is 0.282 e. The van der Waals surface area contributed by atoms with E-state index in [2.05, 4.69) is 4.99 Å². The monoisotopic (exact) mass is 100 g/mol. The van der Waals surface area contributed by atoms with E-state index in [0.717, 1.165) is 0 Å². The van der Waals surface area contributed by atoms with E-state index in [1.807, 2.05) is 11.5 Å². The molecule has 1 aliphatic rings. The maximum atomic E-state index is 6.93. The summed E-state index contributed by atoms with van der Waals surface area (Å²) in [6, 6.07) is 0. The van der Waals surface area contributed by atoms with Crippen molar-refractivity contribution in [1.29, 1.82) is 0 Å². The van der Waals surface area contributed by atoms with Gasteiger partial charge in [0.05, 0.1) is 13.4 Å². The fourth-order valence-corrected chi connectivity index (χ4v) is 0.641. The third-order valence-corrected chi connectivity index (χ3v) is 1.04. The Hall–Kier alpha value is -0.240. The predicted molar refractivity (Wildman–Crippen MR) is 30.1 cm³/mol. The van der Waals surface area contributed by atoms with E-state index < -0.39 is 0 Å². The molecule has 2 heteroatoms. The molecule has 0 atom stereocenters. The van der Waals surface area contributed by atoms with Crippen LogP contribution in [0.15, 0.2) is 16.5 Å². The Morgan fingerprint density at radius 3 is 3.33 bits per heavy atom. The highest BCUT2D eigenvalue weighted by molar-refractivity contribution is 8.14. The van der Waals surface area contributed by atoms with E-state index in [4.69, 9.17) is 1.37 Å². The van der Waals surface area contributed by atoms with Crippen molar-refractivity contribution >= 4 is 17.3 Å². The number of rotatable bonds is 0. The fraction of sp³-hybridized carbons (Fsp3) is 0.250. The van der Waals surface area contributed by atoms with Crippen molar-refractivity contribution in [2.24, 2.45) is 4.99 Å². The maximum absolute atomic E-state index is 6.93. The normalized spacial score (nSPS) is 22.7. The van der Waals surface area contributed by atoms with Crippen molar-refractivity contribution in [3.63, 3.8) is 0 Å². The van der Waals surface area contributed by atoms with Crippen molar-refractivity contribution in [3.8, 4) is 0 Å². The average Bonchev–Trinajstić information content (AvgIpc) is 1.69. The first-order chi connectivity index (χ1) is 3.39. The SMILES string of the molecule is [2H]C1=NCC=CS1. The van der Waals surface area contributed by atoms with Gasteiger partial charge in [-0.05, 0) is 5.41 Å². The van der Waals surface area contributed by atoms with Gasteiger partial charge in [0.2, 0.25) is 0 Å². The molecule has 0 saturated heterocycles. The van der Waals surface area contributed by atoms with E-state index in [-0.39, 0.29) is 0 Å². The minimum absolute atomic E-state index is 0.419. The number of thioether (sulfide) groups is 1. The summed E-state index contributed by atoms with van der Waals surface area (Å²) in [5, 5.41) is 1.88. The molecule has 0 radical (unpaired) electrons. The van der Waals surface area contributed by atoms with Gasteiger partial charge in [-0.15, -0.1) is 0 Å². The Bertz CT molecular complexity index is 119. The standard InChI is InChI=1S/C4H5NS/c1-2-5-4-6-3-1/h1,3-4H,2H2/i4D. The molecule has 0 aliphatic carbocycles. The van der Waals surface area contributed by atoms with Crippen LogP contribution in [0.1, 0.15) is 1.37 Å². The molecule has 0 bridgehead atoms. The third-order valence-electron chi connectivity index (χ3n) is 0.478. The van der Waals surface area contributed by atoms with Gasteiger partial charge in [0.1, 0.15) is 0 Å². The average molecular weight is 100 g/mol. The summed E-state index contributed by atoms with van der Waals surface area (Å²) in [4.78, 5) is 3.79. The van der Waals surface area contributed by atoms with Gasteiger partial charge < -0.3 is 0 Å². The first kappa shape index (κ1) is 2.86. The zero-order chi connectivity index (χ0) is 5.11. The van der Waals surface area contributed by atoms with Crippen LogP contribution in [0.25, 0.3) is 0 Å². The van der Waals surface area contributed by atoms with Gasteiger partial charge in [0, 0.05) is 0 Å². The van der Waals surface area contributed by atoms with E-state index in [0.29, 0.717) is 12.1 Å². The van der Waals surface area contributed by atoms with Crippen LogP contribution in [-0.2, 0) is 0 Å². The van der Waals surface area contributed by atoms with Crippen LogP contribution in [0.3, 0.4) is 0 Å². The zero-order valence-electron chi connectivity index (χ0n) is 4.22. The zero-order valence-corrected chi connectivity index (χ0v) is 4.03. The van der Waals surface area contributed by atoms with Gasteiger partial charge in [-0.2, -0.15) is 0 Å². The van der Waals surface area contributed by atoms with Crippen LogP contribution in [0.2, 0.25) is 0 Å². The minimum atomic E-state index is 0.419. The van der Waals surface area contributed by atoms with Crippen molar-refractivity contribution < 1.29 is 1.37 Å². The van der Waals surface area contributed by atoms with Crippen molar-refractivity contribution in [2.45, 2.75) is 0 Å². The van der Waals surface area contributed by atoms with Gasteiger partial charge >= 0.3 is 0 Å². The van der Waals surface area contributed by atoms with Gasteiger partial charge in [-0.25, -0.2) is 0 Å². The van der Waals surface area contributed by atoms with Gasteiger partial charge in [0.15, 0.2) is 0 Å². The molecule has 0 unspecified atom stereocenters. The number of hydrogen-bond donors (Lipinski definition) is 0. The Morgan fingerprint density at radius 1 is 2.00 bits per heavy atom. The van der Waals surface area contributed by atoms with Crippen LogP contribution in [-0.4, -0.2) is 12.1 Å². The molecule has 0 spiro atoms. The summed E-state index contributed by atoms with van der Waals surface area (Å²) in [7, 11) is 0. The molecule has 0 amide bonds. The van der Waals surface area contributed by atoms with Crippen LogP contribution in [0.5, 0.6) is 0 Å². The van der Waals surface area contributed by atoms with Crippen LogP contribution in [0, 0.1) is 0 Å². The number of hydrogen-bond acceptors (Lipinski definition) is 2. The lowest BCUT2D eigenvalue weighted by atomic mass is 10.6. The quantitative estimate of drug-likeness (QED) is 0.446. The molecule has 0 saturated carbocycles. The first-order valence-electron chi connectivity index (χ1n) is 2.22. The summed E-state index contributed by atoms with van der Waals surface area (Å²) in [5.41, 5.74) is 0.419. The molecular formula is C4H5NS. The smallest absolute Gasteiger partial charge is 0.0915 e. The lowest BCUT2D eigenvalue weighted by molar-refractivity contribution is 1.27. The summed E-state index contributed by atoms with van der Waals surface area (Å²) in [5.74, 6) is 0. The van der Waals surface area contributed by atoms with Gasteiger partial charge in [0.25, 0.3) is 0 Å². The van der Waals surface area contributed by atoms with Crippen molar-refractivity contribution in [2.75, 3.05) is 6.54 Å². The van der Waals surface area contributed by atoms with E-state index in [1.165, 1.54) is 11.8 Å². The summed E-state index contributed by atoms with van der Waals surface area (Å²) < 4.78 is 6.93. The lowest BCUT2D eigenvalue weighted by Crippen LogP contribution is -1.74. The molecule has 1 nitrogen and oxygen atoms in total. The molecule has 32 valence electrons. The summed E-state index contributed by atoms with van der Waals surface area (Å²) in [6.45, 7) is 0.686. The van der Waals surface area contributed by atoms with E-state index >= 15 is 0 Å². The van der Waals surface area contributed by atoms with Crippen molar-refractivity contribution in [3.05, 3.63) is 11.5 Å². The molecule has 1 aliphatic heterocycles. The molecule has 0 aromatic carbocycles. The van der Waals surface area contributed by atoms with Crippen LogP contribution >= 0.6 is 11.8 Å². The van der Waals surface area contributed by atoms with Gasteiger partial charge in [-0.3, -0.25) is 4.99 Å². The molecule has 0 N–H and O–H groups in total. The first-order valence-corrected chi connectivity index (χ1v) is 2.60. The van der Waals surface area contributed by atoms with Crippen LogP contribution < -0.4 is 0 Å². The maximum Gasteiger partial charge on any atom is 0.0915 e. The second-order valence-electron chi connectivity index (χ2n) is 0.922. The van der Waals surface area contributed by atoms with E-state index in [9.17, 15) is 0 Å². The fourth-order valence-electron chi connectivity index (χ4n) is 0.249. The van der Waals surface area contributed by atoms with Gasteiger partial charge in [-0.1, -0.05) is 17.8 Å². The summed E-state index contributed by atoms with van der Waals surface area (Å²) >= 11 is 1.35. The molecule has 0 fully saturated rings. The Kier molecular flexibility index (Phi) is 0.965. The highest BCUT2D eigenvalue weighted by atomic mass is 32.2. The minimum Gasteiger partial charge on any atom is -0.282 e. The second-order valence-corrected chi connectivity index (χ2v) is 1.61. The lowest BCUT2D eigenvalue weighted by Gasteiger charge is -1.87. The molecule has 1 rings (SSSR count). The van der Waals surface area contributed by atoms with Crippen LogP contribution in [0.4, 0.5) is 0 Å². The highest BCUT2D eigenvalue weighted by Crippen LogP contribution is 2.00. The van der Waals surface area contributed by atoms with E-state index in [1.54, 1.807) is 0 Å². The molecule has 0 aromatic rings. The highest BCUT2D eigenvalue weighted by Gasteiger charge is 1.77. The number of nitrogens with zero attached hydrogens (tertiary/aromatic N) is 1. The second kappa shape index (κ2) is 2.03. The Morgan fingerprint density at radius 2 is 3.00 bits per heavy atom. The molecule has 0 aromatic heterocycles.